The minimum atomic E-state index is -0.155. The van der Waals surface area contributed by atoms with Crippen molar-refractivity contribution in [1.29, 1.82) is 0 Å². The normalized spacial score (nSPS) is 27.4. The van der Waals surface area contributed by atoms with E-state index >= 15 is 0 Å². The predicted molar refractivity (Wildman–Crippen MR) is 121 cm³/mol. The average molecular weight is 420 g/mol. The number of rotatable bonds is 17. The molecule has 4 atom stereocenters. The van der Waals surface area contributed by atoms with Gasteiger partial charge in [-0.25, -0.2) is 0 Å². The summed E-state index contributed by atoms with van der Waals surface area (Å²) in [5.41, 5.74) is 0. The van der Waals surface area contributed by atoms with Gasteiger partial charge >= 0.3 is 0 Å². The number of unbranched alkanes of at least 4 members (excludes halogenated alkanes) is 15. The summed E-state index contributed by atoms with van der Waals surface area (Å²) >= 11 is 0. The van der Waals surface area contributed by atoms with Crippen LogP contribution in [0.3, 0.4) is 0 Å². The van der Waals surface area contributed by atoms with Gasteiger partial charge in [0.1, 0.15) is 0 Å². The van der Waals surface area contributed by atoms with Gasteiger partial charge in [-0.1, -0.05) is 103 Å². The standard InChI is InChI=1S/C26H45NO3/c1-2-3-4-5-6-7-8-9-10-11-12-13-14-15-16-17-20-27-25(28)23-21-18-19-22(30-21)24(23)26(27)29/h21-24H,2-20H2,1H3/t21-,22+,23-,24+. The largest absolute Gasteiger partial charge is 0.373 e. The fourth-order valence-electron chi connectivity index (χ4n) is 5.81. The summed E-state index contributed by atoms with van der Waals surface area (Å²) in [4.78, 5) is 26.8. The Kier molecular flexibility index (Phi) is 10.2. The van der Waals surface area contributed by atoms with Crippen molar-refractivity contribution in [2.75, 3.05) is 6.54 Å². The highest BCUT2D eigenvalue weighted by Gasteiger charge is 2.62. The molecule has 0 aromatic heterocycles. The second kappa shape index (κ2) is 12.8. The molecule has 172 valence electrons. The number of imide groups is 1. The van der Waals surface area contributed by atoms with E-state index in [0.29, 0.717) is 6.54 Å². The highest BCUT2D eigenvalue weighted by atomic mass is 16.5. The highest BCUT2D eigenvalue weighted by molar-refractivity contribution is 6.06. The maximum atomic E-state index is 12.6. The molecule has 0 unspecified atom stereocenters. The Balaban J connectivity index is 1.11. The summed E-state index contributed by atoms with van der Waals surface area (Å²) in [6.45, 7) is 2.91. The molecule has 0 N–H and O–H groups in total. The van der Waals surface area contributed by atoms with Crippen LogP contribution in [0.1, 0.15) is 122 Å². The molecule has 2 bridgehead atoms. The lowest BCUT2D eigenvalue weighted by Crippen LogP contribution is -2.35. The molecule has 3 fully saturated rings. The molecule has 4 heteroatoms. The Morgan fingerprint density at radius 2 is 1.00 bits per heavy atom. The molecule has 3 aliphatic heterocycles. The van der Waals surface area contributed by atoms with E-state index < -0.39 is 0 Å². The lowest BCUT2D eigenvalue weighted by atomic mass is 9.81. The van der Waals surface area contributed by atoms with Crippen LogP contribution in [0.5, 0.6) is 0 Å². The molecular weight excluding hydrogens is 374 g/mol. The van der Waals surface area contributed by atoms with Gasteiger partial charge in [0.15, 0.2) is 0 Å². The SMILES string of the molecule is CCCCCCCCCCCCCCCCCCN1C(=O)[C@@H]2[C@H](C1=O)[C@H]1CC[C@@H]2O1. The number of ether oxygens (including phenoxy) is 1. The Morgan fingerprint density at radius 3 is 1.40 bits per heavy atom. The van der Waals surface area contributed by atoms with E-state index in [-0.39, 0.29) is 35.9 Å². The average Bonchev–Trinajstić information content (AvgIpc) is 3.43. The number of carbonyl (C=O) groups is 2. The zero-order valence-electron chi connectivity index (χ0n) is 19.4. The molecule has 0 spiro atoms. The molecule has 0 aliphatic carbocycles. The van der Waals surface area contributed by atoms with Crippen LogP contribution in [-0.4, -0.2) is 35.5 Å². The monoisotopic (exact) mass is 419 g/mol. The summed E-state index contributed by atoms with van der Waals surface area (Å²) < 4.78 is 5.80. The van der Waals surface area contributed by atoms with E-state index in [1.165, 1.54) is 89.9 Å². The van der Waals surface area contributed by atoms with E-state index in [0.717, 1.165) is 25.7 Å². The first-order valence-corrected chi connectivity index (χ1v) is 13.2. The van der Waals surface area contributed by atoms with Crippen molar-refractivity contribution >= 4 is 11.8 Å². The number of carbonyl (C=O) groups excluding carboxylic acids is 2. The van der Waals surface area contributed by atoms with Gasteiger partial charge in [-0.05, 0) is 19.3 Å². The van der Waals surface area contributed by atoms with E-state index in [1.807, 2.05) is 0 Å². The van der Waals surface area contributed by atoms with Gasteiger partial charge in [0.25, 0.3) is 0 Å². The Bertz CT molecular complexity index is 506. The number of fused-ring (bicyclic) bond motifs is 5. The zero-order chi connectivity index (χ0) is 21.2. The van der Waals surface area contributed by atoms with Gasteiger partial charge in [0.05, 0.1) is 24.0 Å². The van der Waals surface area contributed by atoms with Crippen molar-refractivity contribution in [1.82, 2.24) is 4.90 Å². The maximum Gasteiger partial charge on any atom is 0.235 e. The van der Waals surface area contributed by atoms with Crippen LogP contribution in [0.4, 0.5) is 0 Å². The van der Waals surface area contributed by atoms with Crippen LogP contribution in [-0.2, 0) is 14.3 Å². The Hall–Kier alpha value is -0.900. The smallest absolute Gasteiger partial charge is 0.235 e. The van der Waals surface area contributed by atoms with Gasteiger partial charge in [-0.3, -0.25) is 14.5 Å². The molecule has 3 heterocycles. The van der Waals surface area contributed by atoms with E-state index in [4.69, 9.17) is 4.74 Å². The Morgan fingerprint density at radius 1 is 0.633 bits per heavy atom. The topological polar surface area (TPSA) is 46.6 Å². The van der Waals surface area contributed by atoms with Crippen LogP contribution in [0, 0.1) is 11.8 Å². The fraction of sp³-hybridized carbons (Fsp3) is 0.923. The van der Waals surface area contributed by atoms with Crippen molar-refractivity contribution in [3.05, 3.63) is 0 Å². The molecular formula is C26H45NO3. The fourth-order valence-corrected chi connectivity index (χ4v) is 5.81. The molecule has 3 rings (SSSR count). The number of amides is 2. The van der Waals surface area contributed by atoms with Crippen LogP contribution >= 0.6 is 0 Å². The number of nitrogens with zero attached hydrogens (tertiary/aromatic N) is 1. The van der Waals surface area contributed by atoms with Crippen molar-refractivity contribution in [2.24, 2.45) is 11.8 Å². The molecule has 2 amide bonds. The van der Waals surface area contributed by atoms with Gasteiger partial charge < -0.3 is 4.74 Å². The lowest BCUT2D eigenvalue weighted by molar-refractivity contribution is -0.142. The predicted octanol–water partition coefficient (Wildman–Crippen LogP) is 6.41. The molecule has 0 saturated carbocycles. The Labute approximate surface area is 184 Å². The molecule has 3 aliphatic rings. The number of hydrogen-bond acceptors (Lipinski definition) is 3. The summed E-state index contributed by atoms with van der Waals surface area (Å²) in [7, 11) is 0. The number of likely N-dealkylation sites (tertiary alicyclic amines) is 1. The molecule has 0 aromatic rings. The van der Waals surface area contributed by atoms with Gasteiger partial charge in [-0.15, -0.1) is 0 Å². The molecule has 0 radical (unpaired) electrons. The van der Waals surface area contributed by atoms with Crippen LogP contribution < -0.4 is 0 Å². The van der Waals surface area contributed by atoms with Crippen LogP contribution in [0.15, 0.2) is 0 Å². The van der Waals surface area contributed by atoms with Gasteiger partial charge in [0.2, 0.25) is 11.8 Å². The van der Waals surface area contributed by atoms with E-state index in [1.54, 1.807) is 4.90 Å². The first-order chi connectivity index (χ1) is 14.7. The molecule has 4 nitrogen and oxygen atoms in total. The molecule has 0 aromatic carbocycles. The molecule has 30 heavy (non-hydrogen) atoms. The van der Waals surface area contributed by atoms with Crippen LogP contribution in [0.25, 0.3) is 0 Å². The van der Waals surface area contributed by atoms with Crippen molar-refractivity contribution in [3.63, 3.8) is 0 Å². The quantitative estimate of drug-likeness (QED) is 0.202. The van der Waals surface area contributed by atoms with Crippen molar-refractivity contribution in [2.45, 2.75) is 135 Å². The summed E-state index contributed by atoms with van der Waals surface area (Å²) in [5.74, 6) is -0.203. The van der Waals surface area contributed by atoms with Crippen LogP contribution in [0.2, 0.25) is 0 Å². The maximum absolute atomic E-state index is 12.6. The lowest BCUT2D eigenvalue weighted by Gasteiger charge is -2.17. The minimum Gasteiger partial charge on any atom is -0.373 e. The first kappa shape index (κ1) is 23.8. The second-order valence-electron chi connectivity index (χ2n) is 9.97. The number of hydrogen-bond donors (Lipinski definition) is 0. The highest BCUT2D eigenvalue weighted by Crippen LogP contribution is 2.48. The molecule has 3 saturated heterocycles. The van der Waals surface area contributed by atoms with Gasteiger partial charge in [0, 0.05) is 6.54 Å². The van der Waals surface area contributed by atoms with E-state index in [9.17, 15) is 9.59 Å². The summed E-state index contributed by atoms with van der Waals surface area (Å²) in [6, 6.07) is 0. The van der Waals surface area contributed by atoms with Crippen molar-refractivity contribution < 1.29 is 14.3 Å². The van der Waals surface area contributed by atoms with Crippen molar-refractivity contribution in [3.8, 4) is 0 Å². The third kappa shape index (κ3) is 6.31. The van der Waals surface area contributed by atoms with Gasteiger partial charge in [-0.2, -0.15) is 0 Å². The third-order valence-electron chi connectivity index (χ3n) is 7.61. The third-order valence-corrected chi connectivity index (χ3v) is 7.61. The minimum absolute atomic E-state index is 0.0206. The summed E-state index contributed by atoms with van der Waals surface area (Å²) in [6.07, 6.45) is 23.4. The second-order valence-corrected chi connectivity index (χ2v) is 9.97. The zero-order valence-corrected chi connectivity index (χ0v) is 19.4. The van der Waals surface area contributed by atoms with E-state index in [2.05, 4.69) is 6.92 Å². The first-order valence-electron chi connectivity index (χ1n) is 13.2. The summed E-state index contributed by atoms with van der Waals surface area (Å²) in [5, 5.41) is 0.